The molecule has 0 unspecified atom stereocenters. The van der Waals surface area contributed by atoms with Crippen molar-refractivity contribution >= 4 is 32.6 Å². The summed E-state index contributed by atoms with van der Waals surface area (Å²) in [5, 5.41) is 1.10. The van der Waals surface area contributed by atoms with Crippen LogP contribution in [0.25, 0.3) is 10.2 Å². The summed E-state index contributed by atoms with van der Waals surface area (Å²) in [6, 6.07) is 6.85. The highest BCUT2D eigenvalue weighted by molar-refractivity contribution is 7.22. The number of likely N-dealkylation sites (N-methyl/N-ethyl adjacent to an activating group) is 1. The second-order valence-electron chi connectivity index (χ2n) is 8.03. The van der Waals surface area contributed by atoms with Crippen molar-refractivity contribution in [2.24, 2.45) is 0 Å². The first kappa shape index (κ1) is 17.4. The Bertz CT molecular complexity index is 832. The molecule has 5 rings (SSSR count). The molecule has 27 heavy (non-hydrogen) atoms. The van der Waals surface area contributed by atoms with Crippen LogP contribution < -0.4 is 4.90 Å². The summed E-state index contributed by atoms with van der Waals surface area (Å²) in [5.74, 6) is 0.151. The van der Waals surface area contributed by atoms with E-state index in [0.717, 1.165) is 79.3 Å². The molecule has 3 heterocycles. The largest absolute Gasteiger partial charge is 0.345 e. The van der Waals surface area contributed by atoms with E-state index in [2.05, 4.69) is 21.7 Å². The maximum absolute atomic E-state index is 12.8. The molecule has 144 valence electrons. The fourth-order valence-corrected chi connectivity index (χ4v) is 5.15. The Labute approximate surface area is 164 Å². The molecule has 1 amide bonds. The molecule has 1 aromatic carbocycles. The average molecular weight is 386 g/mol. The van der Waals surface area contributed by atoms with Gasteiger partial charge in [-0.3, -0.25) is 9.69 Å². The van der Waals surface area contributed by atoms with E-state index in [1.54, 1.807) is 11.3 Å². The molecule has 0 spiro atoms. The molecule has 3 aliphatic rings. The number of thiazole rings is 1. The number of fused-ring (bicyclic) bond motifs is 1. The summed E-state index contributed by atoms with van der Waals surface area (Å²) < 4.78 is 1.12. The maximum Gasteiger partial charge on any atom is 0.253 e. The smallest absolute Gasteiger partial charge is 0.253 e. The molecule has 1 saturated carbocycles. The molecule has 0 atom stereocenters. The number of nitrogens with zero attached hydrogens (tertiary/aromatic N) is 5. The van der Waals surface area contributed by atoms with Crippen molar-refractivity contribution < 1.29 is 4.79 Å². The van der Waals surface area contributed by atoms with Gasteiger partial charge in [0.1, 0.15) is 0 Å². The van der Waals surface area contributed by atoms with Gasteiger partial charge in [0.25, 0.3) is 5.91 Å². The van der Waals surface area contributed by atoms with E-state index < -0.39 is 0 Å². The number of benzene rings is 1. The SMILES string of the molecule is CN1CCN(C(=O)c2ccc3nc(N4CCN(C5CC5)CC4)sc3c2)CC1. The van der Waals surface area contributed by atoms with Crippen LogP contribution in [0.5, 0.6) is 0 Å². The molecule has 1 aromatic heterocycles. The van der Waals surface area contributed by atoms with Crippen molar-refractivity contribution in [2.45, 2.75) is 18.9 Å². The Morgan fingerprint density at radius 3 is 2.48 bits per heavy atom. The molecular weight excluding hydrogens is 358 g/mol. The van der Waals surface area contributed by atoms with Gasteiger partial charge < -0.3 is 14.7 Å². The zero-order chi connectivity index (χ0) is 18.4. The van der Waals surface area contributed by atoms with Crippen molar-refractivity contribution in [3.63, 3.8) is 0 Å². The molecule has 6 nitrogen and oxygen atoms in total. The number of aromatic nitrogens is 1. The third-order valence-corrected chi connectivity index (χ3v) is 7.14. The molecular formula is C20H27N5OS. The van der Waals surface area contributed by atoms with Gasteiger partial charge in [-0.2, -0.15) is 0 Å². The third kappa shape index (κ3) is 3.56. The van der Waals surface area contributed by atoms with Gasteiger partial charge in [-0.1, -0.05) is 11.3 Å². The predicted molar refractivity (Wildman–Crippen MR) is 110 cm³/mol. The van der Waals surface area contributed by atoms with Crippen molar-refractivity contribution in [1.29, 1.82) is 0 Å². The van der Waals surface area contributed by atoms with Crippen LogP contribution in [-0.4, -0.2) is 91.0 Å². The Balaban J connectivity index is 1.30. The number of amides is 1. The highest BCUT2D eigenvalue weighted by atomic mass is 32.1. The number of carbonyl (C=O) groups excluding carboxylic acids is 1. The van der Waals surface area contributed by atoms with Crippen LogP contribution in [0.3, 0.4) is 0 Å². The summed E-state index contributed by atoms with van der Waals surface area (Å²) in [6.07, 6.45) is 2.76. The van der Waals surface area contributed by atoms with Crippen LogP contribution in [0, 0.1) is 0 Å². The zero-order valence-electron chi connectivity index (χ0n) is 15.9. The number of rotatable bonds is 3. The molecule has 2 aliphatic heterocycles. The van der Waals surface area contributed by atoms with Crippen molar-refractivity contribution in [3.05, 3.63) is 23.8 Å². The number of piperazine rings is 2. The van der Waals surface area contributed by atoms with Crippen LogP contribution in [-0.2, 0) is 0 Å². The van der Waals surface area contributed by atoms with Gasteiger partial charge >= 0.3 is 0 Å². The monoisotopic (exact) mass is 385 g/mol. The Morgan fingerprint density at radius 1 is 1.04 bits per heavy atom. The second-order valence-corrected chi connectivity index (χ2v) is 9.04. The third-order valence-electron chi connectivity index (χ3n) is 6.06. The van der Waals surface area contributed by atoms with Crippen LogP contribution in [0.15, 0.2) is 18.2 Å². The normalized spacial score (nSPS) is 22.6. The van der Waals surface area contributed by atoms with E-state index >= 15 is 0 Å². The topological polar surface area (TPSA) is 42.9 Å². The lowest BCUT2D eigenvalue weighted by Gasteiger charge is -2.34. The van der Waals surface area contributed by atoms with Gasteiger partial charge in [0.2, 0.25) is 0 Å². The van der Waals surface area contributed by atoms with Crippen molar-refractivity contribution in [2.75, 3.05) is 64.3 Å². The Hall–Kier alpha value is -1.70. The van der Waals surface area contributed by atoms with Crippen LogP contribution in [0.4, 0.5) is 5.13 Å². The summed E-state index contributed by atoms with van der Waals surface area (Å²) >= 11 is 1.72. The van der Waals surface area contributed by atoms with Gasteiger partial charge in [0.05, 0.1) is 10.2 Å². The second kappa shape index (κ2) is 7.04. The van der Waals surface area contributed by atoms with Crippen LogP contribution in [0.1, 0.15) is 23.2 Å². The predicted octanol–water partition coefficient (Wildman–Crippen LogP) is 1.97. The summed E-state index contributed by atoms with van der Waals surface area (Å²) in [5.41, 5.74) is 1.80. The molecule has 0 bridgehead atoms. The minimum atomic E-state index is 0.151. The molecule has 0 radical (unpaired) electrons. The number of hydrogen-bond acceptors (Lipinski definition) is 6. The first-order chi connectivity index (χ1) is 13.2. The minimum absolute atomic E-state index is 0.151. The van der Waals surface area contributed by atoms with E-state index in [1.807, 2.05) is 23.1 Å². The van der Waals surface area contributed by atoms with Gasteiger partial charge in [0, 0.05) is 64.0 Å². The molecule has 3 fully saturated rings. The number of anilines is 1. The van der Waals surface area contributed by atoms with Crippen molar-refractivity contribution in [1.82, 2.24) is 19.7 Å². The average Bonchev–Trinajstić information content (AvgIpc) is 3.46. The van der Waals surface area contributed by atoms with E-state index in [9.17, 15) is 4.79 Å². The molecule has 0 N–H and O–H groups in total. The van der Waals surface area contributed by atoms with Gasteiger partial charge in [-0.25, -0.2) is 4.98 Å². The van der Waals surface area contributed by atoms with Crippen LogP contribution in [0.2, 0.25) is 0 Å². The van der Waals surface area contributed by atoms with Gasteiger partial charge in [-0.15, -0.1) is 0 Å². The molecule has 2 aromatic rings. The molecule has 7 heteroatoms. The van der Waals surface area contributed by atoms with E-state index in [-0.39, 0.29) is 5.91 Å². The van der Waals surface area contributed by atoms with E-state index in [0.29, 0.717) is 0 Å². The maximum atomic E-state index is 12.8. The highest BCUT2D eigenvalue weighted by Gasteiger charge is 2.31. The summed E-state index contributed by atoms with van der Waals surface area (Å²) in [4.78, 5) is 27.0. The van der Waals surface area contributed by atoms with E-state index in [4.69, 9.17) is 4.98 Å². The fourth-order valence-electron chi connectivity index (χ4n) is 4.09. The quantitative estimate of drug-likeness (QED) is 0.808. The Morgan fingerprint density at radius 2 is 1.78 bits per heavy atom. The first-order valence-corrected chi connectivity index (χ1v) is 10.9. The summed E-state index contributed by atoms with van der Waals surface area (Å²) in [7, 11) is 2.11. The fraction of sp³-hybridized carbons (Fsp3) is 0.600. The highest BCUT2D eigenvalue weighted by Crippen LogP contribution is 2.32. The summed E-state index contributed by atoms with van der Waals surface area (Å²) in [6.45, 7) is 7.94. The molecule has 1 aliphatic carbocycles. The molecule has 2 saturated heterocycles. The van der Waals surface area contributed by atoms with Crippen molar-refractivity contribution in [3.8, 4) is 0 Å². The lowest BCUT2D eigenvalue weighted by molar-refractivity contribution is 0.0664. The van der Waals surface area contributed by atoms with E-state index in [1.165, 1.54) is 12.8 Å². The van der Waals surface area contributed by atoms with Crippen LogP contribution >= 0.6 is 11.3 Å². The van der Waals surface area contributed by atoms with Gasteiger partial charge in [-0.05, 0) is 38.1 Å². The number of hydrogen-bond donors (Lipinski definition) is 0. The lowest BCUT2D eigenvalue weighted by Crippen LogP contribution is -2.47. The lowest BCUT2D eigenvalue weighted by atomic mass is 10.1. The minimum Gasteiger partial charge on any atom is -0.345 e. The zero-order valence-corrected chi connectivity index (χ0v) is 16.7. The van der Waals surface area contributed by atoms with Gasteiger partial charge in [0.15, 0.2) is 5.13 Å². The standard InChI is InChI=1S/C20H27N5OS/c1-22-6-8-24(9-7-22)19(26)15-2-5-17-18(14-15)27-20(21-17)25-12-10-23(11-13-25)16-3-4-16/h2,5,14,16H,3-4,6-13H2,1H3. The number of carbonyl (C=O) groups is 1. The Kier molecular flexibility index (Phi) is 4.53. The first-order valence-electron chi connectivity index (χ1n) is 10.0.